The minimum Gasteiger partial charge on any atom is -0.493 e. The van der Waals surface area contributed by atoms with Gasteiger partial charge in [-0.25, -0.2) is 9.97 Å². The van der Waals surface area contributed by atoms with Gasteiger partial charge in [0.15, 0.2) is 11.5 Å². The Morgan fingerprint density at radius 1 is 1.06 bits per heavy atom. The number of hydrogen-bond donors (Lipinski definition) is 2. The van der Waals surface area contributed by atoms with Crippen LogP contribution in [0.3, 0.4) is 0 Å². The van der Waals surface area contributed by atoms with Gasteiger partial charge in [0, 0.05) is 29.2 Å². The van der Waals surface area contributed by atoms with Crippen LogP contribution in [0.25, 0.3) is 6.08 Å². The van der Waals surface area contributed by atoms with E-state index in [1.54, 1.807) is 13.2 Å². The zero-order chi connectivity index (χ0) is 22.9. The summed E-state index contributed by atoms with van der Waals surface area (Å²) in [4.78, 5) is 20.9. The van der Waals surface area contributed by atoms with E-state index in [4.69, 9.17) is 9.47 Å². The van der Waals surface area contributed by atoms with Crippen LogP contribution >= 0.6 is 0 Å². The highest BCUT2D eigenvalue weighted by Crippen LogP contribution is 2.28. The average molecular weight is 433 g/mol. The lowest BCUT2D eigenvalue weighted by Crippen LogP contribution is -2.10. The third-order valence-electron chi connectivity index (χ3n) is 4.74. The lowest BCUT2D eigenvalue weighted by atomic mass is 10.1. The highest BCUT2D eigenvalue weighted by atomic mass is 16.5. The van der Waals surface area contributed by atoms with Crippen LogP contribution in [0.4, 0.5) is 17.2 Å². The first kappa shape index (κ1) is 22.8. The summed E-state index contributed by atoms with van der Waals surface area (Å²) in [5.74, 6) is 1.78. The summed E-state index contributed by atoms with van der Waals surface area (Å²) in [5.41, 5.74) is 4.33. The van der Waals surface area contributed by atoms with Crippen molar-refractivity contribution in [3.05, 3.63) is 71.7 Å². The van der Waals surface area contributed by atoms with E-state index in [-0.39, 0.29) is 5.91 Å². The zero-order valence-electron chi connectivity index (χ0n) is 18.8. The Labute approximate surface area is 188 Å². The second kappa shape index (κ2) is 10.9. The average Bonchev–Trinajstić information content (AvgIpc) is 2.79. The van der Waals surface area contributed by atoms with Gasteiger partial charge in [0.05, 0.1) is 13.7 Å². The predicted molar refractivity (Wildman–Crippen MR) is 128 cm³/mol. The molecule has 7 nitrogen and oxygen atoms in total. The van der Waals surface area contributed by atoms with Crippen LogP contribution in [0.5, 0.6) is 11.5 Å². The van der Waals surface area contributed by atoms with Crippen molar-refractivity contribution < 1.29 is 14.3 Å². The summed E-state index contributed by atoms with van der Waals surface area (Å²) in [5, 5.41) is 6.22. The van der Waals surface area contributed by atoms with Gasteiger partial charge < -0.3 is 20.1 Å². The summed E-state index contributed by atoms with van der Waals surface area (Å²) in [7, 11) is 1.59. The first-order chi connectivity index (χ1) is 15.5. The van der Waals surface area contributed by atoms with Gasteiger partial charge in [0.1, 0.15) is 12.1 Å². The molecule has 0 atom stereocenters. The first-order valence-electron chi connectivity index (χ1n) is 10.5. The number of nitrogens with one attached hydrogen (secondary N) is 2. The Morgan fingerprint density at radius 2 is 1.91 bits per heavy atom. The summed E-state index contributed by atoms with van der Waals surface area (Å²) in [6.07, 6.45) is 5.55. The summed E-state index contributed by atoms with van der Waals surface area (Å²) >= 11 is 0. The van der Waals surface area contributed by atoms with Crippen LogP contribution in [0.15, 0.2) is 54.9 Å². The highest BCUT2D eigenvalue weighted by Gasteiger charge is 2.08. The van der Waals surface area contributed by atoms with E-state index in [0.29, 0.717) is 23.9 Å². The van der Waals surface area contributed by atoms with Gasteiger partial charge in [0.2, 0.25) is 5.91 Å². The molecule has 1 amide bonds. The second-order valence-corrected chi connectivity index (χ2v) is 7.06. The number of hydrogen-bond acceptors (Lipinski definition) is 6. The number of nitrogens with zero attached hydrogens (tertiary/aromatic N) is 2. The molecule has 1 heterocycles. The van der Waals surface area contributed by atoms with E-state index in [9.17, 15) is 4.79 Å². The third kappa shape index (κ3) is 6.07. The molecule has 166 valence electrons. The van der Waals surface area contributed by atoms with Gasteiger partial charge >= 0.3 is 0 Å². The summed E-state index contributed by atoms with van der Waals surface area (Å²) in [6, 6.07) is 13.3. The van der Waals surface area contributed by atoms with Crippen molar-refractivity contribution in [2.75, 3.05) is 24.4 Å². The largest absolute Gasteiger partial charge is 0.493 e. The lowest BCUT2D eigenvalue weighted by Gasteiger charge is -2.12. The van der Waals surface area contributed by atoms with E-state index < -0.39 is 0 Å². The number of aromatic nitrogens is 2. The molecule has 0 aliphatic heterocycles. The number of benzene rings is 2. The van der Waals surface area contributed by atoms with E-state index in [1.165, 1.54) is 12.4 Å². The molecule has 0 aliphatic carbocycles. The van der Waals surface area contributed by atoms with Crippen LogP contribution in [0.2, 0.25) is 0 Å². The summed E-state index contributed by atoms with van der Waals surface area (Å²) < 4.78 is 10.9. The fourth-order valence-electron chi connectivity index (χ4n) is 3.16. The van der Waals surface area contributed by atoms with Crippen LogP contribution in [0.1, 0.15) is 30.7 Å². The number of carbonyl (C=O) groups excluding carboxylic acids is 1. The van der Waals surface area contributed by atoms with Crippen molar-refractivity contribution in [1.82, 2.24) is 9.97 Å². The van der Waals surface area contributed by atoms with Gasteiger partial charge in [-0.05, 0) is 61.7 Å². The van der Waals surface area contributed by atoms with E-state index in [0.717, 1.165) is 34.6 Å². The smallest absolute Gasteiger partial charge is 0.248 e. The number of carbonyl (C=O) groups is 1. The molecule has 32 heavy (non-hydrogen) atoms. The van der Waals surface area contributed by atoms with Gasteiger partial charge in [-0.2, -0.15) is 0 Å². The normalized spacial score (nSPS) is 10.8. The van der Waals surface area contributed by atoms with E-state index in [1.807, 2.05) is 63.2 Å². The maximum absolute atomic E-state index is 12.6. The molecule has 0 unspecified atom stereocenters. The van der Waals surface area contributed by atoms with Crippen LogP contribution in [-0.2, 0) is 11.2 Å². The van der Waals surface area contributed by atoms with E-state index in [2.05, 4.69) is 20.6 Å². The van der Waals surface area contributed by atoms with Crippen molar-refractivity contribution >= 4 is 29.2 Å². The number of rotatable bonds is 9. The van der Waals surface area contributed by atoms with Gasteiger partial charge in [-0.3, -0.25) is 4.79 Å². The van der Waals surface area contributed by atoms with Crippen molar-refractivity contribution in [3.63, 3.8) is 0 Å². The highest BCUT2D eigenvalue weighted by molar-refractivity contribution is 6.02. The number of aryl methyl sites for hydroxylation is 2. The SMILES string of the molecule is CCOc1ccc(/C=C/C(=O)Nc2cc(Nc3cc(C)ncn3)ccc2CC)cc1OC. The van der Waals surface area contributed by atoms with Gasteiger partial charge in [-0.15, -0.1) is 0 Å². The maximum atomic E-state index is 12.6. The quantitative estimate of drug-likeness (QED) is 0.455. The molecule has 0 aliphatic rings. The number of methoxy groups -OCH3 is 1. The number of anilines is 3. The molecular formula is C25H28N4O3. The maximum Gasteiger partial charge on any atom is 0.248 e. The molecule has 2 N–H and O–H groups in total. The molecule has 0 spiro atoms. The molecule has 1 aromatic heterocycles. The zero-order valence-corrected chi connectivity index (χ0v) is 18.8. The first-order valence-corrected chi connectivity index (χ1v) is 10.5. The topological polar surface area (TPSA) is 85.4 Å². The van der Waals surface area contributed by atoms with E-state index >= 15 is 0 Å². The molecule has 3 aromatic rings. The number of amides is 1. The van der Waals surface area contributed by atoms with Crippen molar-refractivity contribution in [2.24, 2.45) is 0 Å². The standard InChI is InChI=1S/C25H28N4O3/c1-5-19-9-10-20(28-24-13-17(3)26-16-27-24)15-21(19)29-25(30)12-8-18-7-11-22(32-6-2)23(14-18)31-4/h7-16H,5-6H2,1-4H3,(H,29,30)(H,26,27,28)/b12-8+. The van der Waals surface area contributed by atoms with Crippen LogP contribution in [-0.4, -0.2) is 29.6 Å². The Hall–Kier alpha value is -3.87. The Morgan fingerprint density at radius 3 is 2.62 bits per heavy atom. The van der Waals surface area contributed by atoms with Crippen molar-refractivity contribution in [1.29, 1.82) is 0 Å². The molecule has 0 bridgehead atoms. The van der Waals surface area contributed by atoms with Crippen LogP contribution in [0, 0.1) is 6.92 Å². The van der Waals surface area contributed by atoms with Crippen molar-refractivity contribution in [2.45, 2.75) is 27.2 Å². The fourth-order valence-corrected chi connectivity index (χ4v) is 3.16. The lowest BCUT2D eigenvalue weighted by molar-refractivity contribution is -0.111. The molecule has 0 saturated carbocycles. The molecular weight excluding hydrogens is 404 g/mol. The molecule has 0 fully saturated rings. The molecule has 2 aromatic carbocycles. The monoisotopic (exact) mass is 432 g/mol. The van der Waals surface area contributed by atoms with Gasteiger partial charge in [-0.1, -0.05) is 19.1 Å². The van der Waals surface area contributed by atoms with Crippen molar-refractivity contribution in [3.8, 4) is 11.5 Å². The molecule has 7 heteroatoms. The molecule has 0 radical (unpaired) electrons. The Balaban J connectivity index is 1.73. The minimum atomic E-state index is -0.220. The third-order valence-corrected chi connectivity index (χ3v) is 4.74. The molecule has 3 rings (SSSR count). The number of ether oxygens (including phenoxy) is 2. The predicted octanol–water partition coefficient (Wildman–Crippen LogP) is 5.15. The van der Waals surface area contributed by atoms with Crippen LogP contribution < -0.4 is 20.1 Å². The van der Waals surface area contributed by atoms with Gasteiger partial charge in [0.25, 0.3) is 0 Å². The Kier molecular flexibility index (Phi) is 7.80. The minimum absolute atomic E-state index is 0.220. The Bertz CT molecular complexity index is 1110. The second-order valence-electron chi connectivity index (χ2n) is 7.06. The summed E-state index contributed by atoms with van der Waals surface area (Å²) in [6.45, 7) is 6.43. The molecule has 0 saturated heterocycles. The fraction of sp³-hybridized carbons (Fsp3) is 0.240.